The van der Waals surface area contributed by atoms with Gasteiger partial charge < -0.3 is 5.11 Å². The molecular formula is C10H15NO. The van der Waals surface area contributed by atoms with E-state index >= 15 is 0 Å². The number of rotatable bonds is 4. The van der Waals surface area contributed by atoms with Crippen LogP contribution in [0, 0.1) is 0 Å². The molecule has 0 aromatic heterocycles. The van der Waals surface area contributed by atoms with Gasteiger partial charge in [-0.1, -0.05) is 37.3 Å². The summed E-state index contributed by atoms with van der Waals surface area (Å²) >= 11 is 0. The molecule has 1 unspecified atom stereocenters. The van der Waals surface area contributed by atoms with Gasteiger partial charge in [-0.3, -0.25) is 5.32 Å². The average Bonchev–Trinajstić information content (AvgIpc) is 2.06. The second-order valence-electron chi connectivity index (χ2n) is 2.76. The number of aliphatic hydroxyl groups excluding tert-OH is 1. The zero-order valence-corrected chi connectivity index (χ0v) is 7.33. The number of hydrogen-bond donors (Lipinski definition) is 2. The van der Waals surface area contributed by atoms with Gasteiger partial charge in [0.1, 0.15) is 6.23 Å². The smallest absolute Gasteiger partial charge is 0.108 e. The maximum atomic E-state index is 9.39. The standard InChI is InChI=1S/C10H15NO/c1-2-11-10(12)8-9-6-4-3-5-7-9/h3-7,10-12H,2,8H2,1H3. The van der Waals surface area contributed by atoms with E-state index < -0.39 is 6.23 Å². The Morgan fingerprint density at radius 1 is 1.33 bits per heavy atom. The molecule has 0 saturated heterocycles. The molecule has 1 rings (SSSR count). The van der Waals surface area contributed by atoms with E-state index in [1.165, 1.54) is 0 Å². The molecule has 66 valence electrons. The van der Waals surface area contributed by atoms with E-state index in [0.717, 1.165) is 12.1 Å². The van der Waals surface area contributed by atoms with E-state index in [9.17, 15) is 5.11 Å². The minimum atomic E-state index is -0.419. The highest BCUT2D eigenvalue weighted by Gasteiger charge is 2.01. The molecule has 2 nitrogen and oxygen atoms in total. The number of benzene rings is 1. The highest BCUT2D eigenvalue weighted by molar-refractivity contribution is 5.15. The first-order valence-corrected chi connectivity index (χ1v) is 4.28. The highest BCUT2D eigenvalue weighted by Crippen LogP contribution is 2.00. The van der Waals surface area contributed by atoms with Crippen LogP contribution in [0.15, 0.2) is 30.3 Å². The molecule has 0 heterocycles. The predicted octanol–water partition coefficient (Wildman–Crippen LogP) is 1.16. The molecule has 0 aliphatic heterocycles. The van der Waals surface area contributed by atoms with Crippen molar-refractivity contribution in [3.8, 4) is 0 Å². The Balaban J connectivity index is 2.41. The van der Waals surface area contributed by atoms with Gasteiger partial charge in [-0.15, -0.1) is 0 Å². The lowest BCUT2D eigenvalue weighted by Gasteiger charge is -2.10. The molecule has 0 aliphatic rings. The Labute approximate surface area is 73.2 Å². The van der Waals surface area contributed by atoms with Crippen LogP contribution in [0.4, 0.5) is 0 Å². The normalized spacial score (nSPS) is 12.8. The van der Waals surface area contributed by atoms with E-state index in [-0.39, 0.29) is 0 Å². The Bertz CT molecular complexity index is 210. The van der Waals surface area contributed by atoms with Crippen LogP contribution < -0.4 is 5.32 Å². The number of hydrogen-bond acceptors (Lipinski definition) is 2. The predicted molar refractivity (Wildman–Crippen MR) is 49.8 cm³/mol. The molecule has 2 heteroatoms. The summed E-state index contributed by atoms with van der Waals surface area (Å²) in [6.45, 7) is 2.78. The van der Waals surface area contributed by atoms with Crippen LogP contribution in [0.2, 0.25) is 0 Å². The Morgan fingerprint density at radius 2 is 2.00 bits per heavy atom. The van der Waals surface area contributed by atoms with Crippen LogP contribution in [0.25, 0.3) is 0 Å². The van der Waals surface area contributed by atoms with Crippen molar-refractivity contribution in [1.29, 1.82) is 0 Å². The van der Waals surface area contributed by atoms with Crippen LogP contribution >= 0.6 is 0 Å². The van der Waals surface area contributed by atoms with E-state index in [1.807, 2.05) is 37.3 Å². The third-order valence-electron chi connectivity index (χ3n) is 1.71. The summed E-state index contributed by atoms with van der Waals surface area (Å²) in [6.07, 6.45) is 0.256. The molecule has 0 spiro atoms. The molecular weight excluding hydrogens is 150 g/mol. The van der Waals surface area contributed by atoms with Gasteiger partial charge in [-0.2, -0.15) is 0 Å². The molecule has 1 atom stereocenters. The van der Waals surface area contributed by atoms with Gasteiger partial charge in [0.25, 0.3) is 0 Å². The Kier molecular flexibility index (Phi) is 3.77. The Morgan fingerprint density at radius 3 is 2.58 bits per heavy atom. The lowest BCUT2D eigenvalue weighted by molar-refractivity contribution is 0.140. The van der Waals surface area contributed by atoms with E-state index in [2.05, 4.69) is 5.32 Å². The fourth-order valence-electron chi connectivity index (χ4n) is 1.15. The molecule has 2 N–H and O–H groups in total. The second kappa shape index (κ2) is 4.91. The molecule has 0 aliphatic carbocycles. The summed E-state index contributed by atoms with van der Waals surface area (Å²) in [7, 11) is 0. The molecule has 12 heavy (non-hydrogen) atoms. The maximum absolute atomic E-state index is 9.39. The monoisotopic (exact) mass is 165 g/mol. The van der Waals surface area contributed by atoms with E-state index in [0.29, 0.717) is 6.42 Å². The van der Waals surface area contributed by atoms with Crippen molar-refractivity contribution in [3.63, 3.8) is 0 Å². The molecule has 0 fully saturated rings. The summed E-state index contributed by atoms with van der Waals surface area (Å²) in [5.74, 6) is 0. The van der Waals surface area contributed by atoms with Crippen molar-refractivity contribution in [2.75, 3.05) is 6.54 Å². The molecule has 0 saturated carbocycles. The average molecular weight is 165 g/mol. The van der Waals surface area contributed by atoms with Crippen LogP contribution in [0.3, 0.4) is 0 Å². The SMILES string of the molecule is CCNC(O)Cc1ccccc1. The lowest BCUT2D eigenvalue weighted by Crippen LogP contribution is -2.30. The molecule has 0 radical (unpaired) electrons. The maximum Gasteiger partial charge on any atom is 0.108 e. The zero-order chi connectivity index (χ0) is 8.81. The lowest BCUT2D eigenvalue weighted by atomic mass is 10.1. The third kappa shape index (κ3) is 3.03. The first kappa shape index (κ1) is 9.23. The van der Waals surface area contributed by atoms with Crippen LogP contribution in [-0.4, -0.2) is 17.9 Å². The van der Waals surface area contributed by atoms with Gasteiger partial charge >= 0.3 is 0 Å². The van der Waals surface area contributed by atoms with Crippen LogP contribution in [0.1, 0.15) is 12.5 Å². The number of aliphatic hydroxyl groups is 1. The van der Waals surface area contributed by atoms with Crippen molar-refractivity contribution in [3.05, 3.63) is 35.9 Å². The summed E-state index contributed by atoms with van der Waals surface area (Å²) in [5.41, 5.74) is 1.16. The molecule has 0 bridgehead atoms. The van der Waals surface area contributed by atoms with Gasteiger partial charge in [-0.25, -0.2) is 0 Å². The van der Waals surface area contributed by atoms with E-state index in [4.69, 9.17) is 0 Å². The van der Waals surface area contributed by atoms with Crippen LogP contribution in [-0.2, 0) is 6.42 Å². The first-order chi connectivity index (χ1) is 5.83. The summed E-state index contributed by atoms with van der Waals surface area (Å²) < 4.78 is 0. The van der Waals surface area contributed by atoms with Gasteiger partial charge in [0, 0.05) is 6.42 Å². The third-order valence-corrected chi connectivity index (χ3v) is 1.71. The van der Waals surface area contributed by atoms with Gasteiger partial charge in [0.15, 0.2) is 0 Å². The summed E-state index contributed by atoms with van der Waals surface area (Å²) in [4.78, 5) is 0. The van der Waals surface area contributed by atoms with Gasteiger partial charge in [0.05, 0.1) is 0 Å². The highest BCUT2D eigenvalue weighted by atomic mass is 16.3. The number of nitrogens with one attached hydrogen (secondary N) is 1. The molecule has 1 aromatic carbocycles. The fraction of sp³-hybridized carbons (Fsp3) is 0.400. The second-order valence-corrected chi connectivity index (χ2v) is 2.76. The minimum Gasteiger partial charge on any atom is -0.378 e. The van der Waals surface area contributed by atoms with Gasteiger partial charge in [0.2, 0.25) is 0 Å². The Hall–Kier alpha value is -0.860. The van der Waals surface area contributed by atoms with Crippen molar-refractivity contribution in [1.82, 2.24) is 5.32 Å². The first-order valence-electron chi connectivity index (χ1n) is 4.28. The van der Waals surface area contributed by atoms with Crippen molar-refractivity contribution < 1.29 is 5.11 Å². The minimum absolute atomic E-state index is 0.419. The molecule has 1 aromatic rings. The quantitative estimate of drug-likeness (QED) is 0.656. The van der Waals surface area contributed by atoms with Crippen molar-refractivity contribution >= 4 is 0 Å². The van der Waals surface area contributed by atoms with E-state index in [1.54, 1.807) is 0 Å². The fourth-order valence-corrected chi connectivity index (χ4v) is 1.15. The zero-order valence-electron chi connectivity index (χ0n) is 7.33. The molecule has 0 amide bonds. The summed E-state index contributed by atoms with van der Waals surface area (Å²) in [5, 5.41) is 12.3. The number of likely N-dealkylation sites (N-methyl/N-ethyl adjacent to an activating group) is 1. The van der Waals surface area contributed by atoms with Gasteiger partial charge in [-0.05, 0) is 12.1 Å². The van der Waals surface area contributed by atoms with Crippen LogP contribution in [0.5, 0.6) is 0 Å². The summed E-state index contributed by atoms with van der Waals surface area (Å²) in [6, 6.07) is 9.96. The van der Waals surface area contributed by atoms with Crippen molar-refractivity contribution in [2.45, 2.75) is 19.6 Å². The van der Waals surface area contributed by atoms with Crippen molar-refractivity contribution in [2.24, 2.45) is 0 Å². The largest absolute Gasteiger partial charge is 0.378 e. The topological polar surface area (TPSA) is 32.3 Å².